The van der Waals surface area contributed by atoms with Crippen molar-refractivity contribution in [3.8, 4) is 17.2 Å². The lowest BCUT2D eigenvalue weighted by Gasteiger charge is -2.11. The Morgan fingerprint density at radius 1 is 0.966 bits per heavy atom. The third-order valence-electron chi connectivity index (χ3n) is 4.30. The van der Waals surface area contributed by atoms with Crippen LogP contribution >= 0.6 is 0 Å². The molecule has 0 saturated heterocycles. The summed E-state index contributed by atoms with van der Waals surface area (Å²) in [4.78, 5) is 12.2. The summed E-state index contributed by atoms with van der Waals surface area (Å²) in [6.45, 7) is 5.41. The van der Waals surface area contributed by atoms with E-state index in [1.165, 1.54) is 25.3 Å². The minimum Gasteiger partial charge on any atom is -0.494 e. The molecule has 2 aromatic rings. The molecule has 0 aromatic heterocycles. The monoisotopic (exact) mass is 397 g/mol. The lowest BCUT2D eigenvalue weighted by molar-refractivity contribution is -0.111. The first-order chi connectivity index (χ1) is 14.2. The van der Waals surface area contributed by atoms with Crippen LogP contribution in [0.2, 0.25) is 0 Å². The average Bonchev–Trinajstić information content (AvgIpc) is 2.74. The Labute approximate surface area is 173 Å². The molecule has 0 heterocycles. The van der Waals surface area contributed by atoms with Gasteiger partial charge in [-0.3, -0.25) is 4.79 Å². The van der Waals surface area contributed by atoms with Crippen LogP contribution in [0, 0.1) is 0 Å². The highest BCUT2D eigenvalue weighted by molar-refractivity contribution is 6.01. The van der Waals surface area contributed by atoms with Crippen molar-refractivity contribution in [2.75, 3.05) is 25.6 Å². The van der Waals surface area contributed by atoms with Gasteiger partial charge in [-0.1, -0.05) is 32.3 Å². The number of unbranched alkanes of at least 4 members (excludes halogenated alkanes) is 3. The van der Waals surface area contributed by atoms with Crippen molar-refractivity contribution in [1.29, 1.82) is 0 Å². The first kappa shape index (κ1) is 22.3. The van der Waals surface area contributed by atoms with Crippen LogP contribution in [-0.4, -0.2) is 26.2 Å². The van der Waals surface area contributed by atoms with Gasteiger partial charge in [0.05, 0.1) is 20.3 Å². The summed E-state index contributed by atoms with van der Waals surface area (Å²) in [5.41, 5.74) is 1.58. The summed E-state index contributed by atoms with van der Waals surface area (Å²) in [5.74, 6) is 1.96. The Morgan fingerprint density at radius 3 is 2.45 bits per heavy atom. The average molecular weight is 398 g/mol. The fourth-order valence-electron chi connectivity index (χ4n) is 2.78. The van der Waals surface area contributed by atoms with E-state index in [-0.39, 0.29) is 5.91 Å². The molecule has 1 N–H and O–H groups in total. The summed E-state index contributed by atoms with van der Waals surface area (Å²) >= 11 is 0. The van der Waals surface area contributed by atoms with E-state index in [0.717, 1.165) is 23.5 Å². The predicted molar refractivity (Wildman–Crippen MR) is 118 cm³/mol. The fourth-order valence-corrected chi connectivity index (χ4v) is 2.78. The number of hydrogen-bond acceptors (Lipinski definition) is 4. The molecule has 0 aliphatic heterocycles. The van der Waals surface area contributed by atoms with Crippen molar-refractivity contribution in [3.63, 3.8) is 0 Å². The molecule has 0 radical (unpaired) electrons. The van der Waals surface area contributed by atoms with Gasteiger partial charge in [0.15, 0.2) is 11.5 Å². The maximum Gasteiger partial charge on any atom is 0.248 e. The second kappa shape index (κ2) is 12.5. The number of rotatable bonds is 12. The minimum absolute atomic E-state index is 0.204. The molecule has 5 heteroatoms. The van der Waals surface area contributed by atoms with Crippen LogP contribution < -0.4 is 19.5 Å². The molecule has 1 amide bonds. The number of nitrogens with one attached hydrogen (secondary N) is 1. The van der Waals surface area contributed by atoms with E-state index in [4.69, 9.17) is 14.2 Å². The number of benzene rings is 2. The standard InChI is InChI=1S/C24H31NO4/c1-4-6-7-8-17-29-22-15-9-19(18-23(22)27-3)10-16-24(26)25-20-11-13-21(14-12-20)28-5-2/h9-16,18H,4-8,17H2,1-3H3,(H,25,26)/b16-10+. The molecule has 0 aliphatic rings. The highest BCUT2D eigenvalue weighted by Crippen LogP contribution is 2.29. The zero-order chi connectivity index (χ0) is 20.9. The van der Waals surface area contributed by atoms with Crippen LogP contribution in [0.25, 0.3) is 6.08 Å². The lowest BCUT2D eigenvalue weighted by atomic mass is 10.2. The molecule has 29 heavy (non-hydrogen) atoms. The molecule has 0 atom stereocenters. The third kappa shape index (κ3) is 7.90. The number of carbonyl (C=O) groups is 1. The Kier molecular flexibility index (Phi) is 9.63. The van der Waals surface area contributed by atoms with E-state index in [0.29, 0.717) is 24.7 Å². The predicted octanol–water partition coefficient (Wildman–Crippen LogP) is 5.70. The van der Waals surface area contributed by atoms with Crippen molar-refractivity contribution < 1.29 is 19.0 Å². The van der Waals surface area contributed by atoms with Crippen LogP contribution in [0.3, 0.4) is 0 Å². The molecule has 2 aromatic carbocycles. The summed E-state index contributed by atoms with van der Waals surface area (Å²) in [7, 11) is 1.62. The van der Waals surface area contributed by atoms with E-state index in [2.05, 4.69) is 12.2 Å². The van der Waals surface area contributed by atoms with Gasteiger partial charge >= 0.3 is 0 Å². The van der Waals surface area contributed by atoms with Gasteiger partial charge in [-0.05, 0) is 61.4 Å². The van der Waals surface area contributed by atoms with Crippen molar-refractivity contribution in [3.05, 3.63) is 54.1 Å². The SMILES string of the molecule is CCCCCCOc1ccc(/C=C/C(=O)Nc2ccc(OCC)cc2)cc1OC. The molecule has 5 nitrogen and oxygen atoms in total. The quantitative estimate of drug-likeness (QED) is 0.368. The summed E-state index contributed by atoms with van der Waals surface area (Å²) in [6, 6.07) is 12.9. The first-order valence-corrected chi connectivity index (χ1v) is 10.2. The van der Waals surface area contributed by atoms with Crippen molar-refractivity contribution >= 4 is 17.7 Å². The highest BCUT2D eigenvalue weighted by Gasteiger charge is 2.05. The zero-order valence-electron chi connectivity index (χ0n) is 17.6. The normalized spacial score (nSPS) is 10.7. The molecule has 0 spiro atoms. The van der Waals surface area contributed by atoms with Crippen molar-refractivity contribution in [2.45, 2.75) is 39.5 Å². The molecule has 0 fully saturated rings. The second-order valence-electron chi connectivity index (χ2n) is 6.60. The van der Waals surface area contributed by atoms with Gasteiger partial charge in [-0.25, -0.2) is 0 Å². The Morgan fingerprint density at radius 2 is 1.76 bits per heavy atom. The zero-order valence-corrected chi connectivity index (χ0v) is 17.6. The second-order valence-corrected chi connectivity index (χ2v) is 6.60. The van der Waals surface area contributed by atoms with Gasteiger partial charge in [0.25, 0.3) is 0 Å². The van der Waals surface area contributed by atoms with Gasteiger partial charge < -0.3 is 19.5 Å². The Hall–Kier alpha value is -2.95. The number of carbonyl (C=O) groups excluding carboxylic acids is 1. The van der Waals surface area contributed by atoms with Crippen molar-refractivity contribution in [2.24, 2.45) is 0 Å². The Bertz CT molecular complexity index is 784. The number of ether oxygens (including phenoxy) is 3. The molecule has 0 unspecified atom stereocenters. The number of amides is 1. The summed E-state index contributed by atoms with van der Waals surface area (Å²) in [5, 5.41) is 2.83. The van der Waals surface area contributed by atoms with Gasteiger partial charge in [0.2, 0.25) is 5.91 Å². The minimum atomic E-state index is -0.204. The lowest BCUT2D eigenvalue weighted by Crippen LogP contribution is -2.07. The largest absolute Gasteiger partial charge is 0.494 e. The maximum absolute atomic E-state index is 12.2. The van der Waals surface area contributed by atoms with Gasteiger partial charge in [-0.15, -0.1) is 0 Å². The van der Waals surface area contributed by atoms with E-state index >= 15 is 0 Å². The van der Waals surface area contributed by atoms with E-state index in [1.54, 1.807) is 13.2 Å². The van der Waals surface area contributed by atoms with Crippen molar-refractivity contribution in [1.82, 2.24) is 0 Å². The molecular weight excluding hydrogens is 366 g/mol. The summed E-state index contributed by atoms with van der Waals surface area (Å²) < 4.78 is 16.6. The van der Waals surface area contributed by atoms with Crippen LogP contribution in [0.1, 0.15) is 45.1 Å². The topological polar surface area (TPSA) is 56.8 Å². The molecule has 2 rings (SSSR count). The number of hydrogen-bond donors (Lipinski definition) is 1. The molecule has 156 valence electrons. The van der Waals surface area contributed by atoms with Crippen LogP contribution in [0.5, 0.6) is 17.2 Å². The number of anilines is 1. The fraction of sp³-hybridized carbons (Fsp3) is 0.375. The molecule has 0 saturated carbocycles. The Balaban J connectivity index is 1.90. The first-order valence-electron chi connectivity index (χ1n) is 10.2. The van der Waals surface area contributed by atoms with Gasteiger partial charge in [-0.2, -0.15) is 0 Å². The number of methoxy groups -OCH3 is 1. The smallest absolute Gasteiger partial charge is 0.248 e. The maximum atomic E-state index is 12.2. The highest BCUT2D eigenvalue weighted by atomic mass is 16.5. The summed E-state index contributed by atoms with van der Waals surface area (Å²) in [6.07, 6.45) is 7.88. The van der Waals surface area contributed by atoms with E-state index in [1.807, 2.05) is 49.4 Å². The van der Waals surface area contributed by atoms with Gasteiger partial charge in [0, 0.05) is 11.8 Å². The van der Waals surface area contributed by atoms with Crippen LogP contribution in [0.15, 0.2) is 48.5 Å². The van der Waals surface area contributed by atoms with Gasteiger partial charge in [0.1, 0.15) is 5.75 Å². The van der Waals surface area contributed by atoms with E-state index < -0.39 is 0 Å². The molecule has 0 bridgehead atoms. The van der Waals surface area contributed by atoms with Crippen LogP contribution in [-0.2, 0) is 4.79 Å². The molecular formula is C24H31NO4. The third-order valence-corrected chi connectivity index (χ3v) is 4.30. The van der Waals surface area contributed by atoms with Crippen LogP contribution in [0.4, 0.5) is 5.69 Å². The molecule has 0 aliphatic carbocycles. The van der Waals surface area contributed by atoms with E-state index in [9.17, 15) is 4.79 Å².